The Kier molecular flexibility index (Phi) is 7.28. The minimum absolute atomic E-state index is 0.00137. The molecule has 3 aromatic carbocycles. The SMILES string of the molecule is O=C(CN1CCCC(c2ccccc2)(c2ccccc2)C1=O)N1CCC(Oc2cccc(Cl)c2)CC1. The molecular weight excluding hydrogens is 472 g/mol. The van der Waals surface area contributed by atoms with Crippen molar-refractivity contribution in [1.29, 1.82) is 0 Å². The molecule has 2 aliphatic heterocycles. The third-order valence-corrected chi connectivity index (χ3v) is 7.62. The first-order valence-corrected chi connectivity index (χ1v) is 13.0. The molecule has 0 atom stereocenters. The fourth-order valence-corrected chi connectivity index (χ4v) is 5.71. The highest BCUT2D eigenvalue weighted by Gasteiger charge is 2.47. The molecule has 2 heterocycles. The number of ether oxygens (including phenoxy) is 1. The molecule has 5 rings (SSSR count). The molecule has 0 N–H and O–H groups in total. The fourth-order valence-electron chi connectivity index (χ4n) is 5.53. The number of hydrogen-bond donors (Lipinski definition) is 0. The lowest BCUT2D eigenvalue weighted by Crippen LogP contribution is -2.55. The van der Waals surface area contributed by atoms with E-state index in [1.54, 1.807) is 4.90 Å². The number of benzene rings is 3. The molecule has 0 spiro atoms. The maximum absolute atomic E-state index is 14.1. The standard InChI is InChI=1S/C30H31ClN2O3/c31-25-13-7-14-27(21-25)36-26-15-19-32(20-16-26)28(34)22-33-18-8-17-30(29(33)35,23-9-3-1-4-10-23)24-11-5-2-6-12-24/h1-7,9-14,21,26H,8,15-20,22H2. The molecule has 5 nitrogen and oxygen atoms in total. The summed E-state index contributed by atoms with van der Waals surface area (Å²) < 4.78 is 6.07. The maximum Gasteiger partial charge on any atom is 0.242 e. The van der Waals surface area contributed by atoms with Crippen LogP contribution in [-0.2, 0) is 15.0 Å². The Bertz CT molecular complexity index is 1150. The molecule has 0 radical (unpaired) electrons. The first-order chi connectivity index (χ1) is 17.6. The number of likely N-dealkylation sites (tertiary alicyclic amines) is 2. The van der Waals surface area contributed by atoms with Crippen LogP contribution in [0.4, 0.5) is 0 Å². The van der Waals surface area contributed by atoms with Gasteiger partial charge in [-0.3, -0.25) is 9.59 Å². The van der Waals surface area contributed by atoms with E-state index in [0.717, 1.165) is 42.6 Å². The Morgan fingerprint density at radius 3 is 2.14 bits per heavy atom. The van der Waals surface area contributed by atoms with Crippen LogP contribution in [0.1, 0.15) is 36.8 Å². The molecule has 0 unspecified atom stereocenters. The van der Waals surface area contributed by atoms with Gasteiger partial charge in [0, 0.05) is 37.5 Å². The Morgan fingerprint density at radius 1 is 0.889 bits per heavy atom. The van der Waals surface area contributed by atoms with Crippen molar-refractivity contribution in [2.45, 2.75) is 37.2 Å². The molecule has 2 aliphatic rings. The van der Waals surface area contributed by atoms with Gasteiger partial charge in [0.25, 0.3) is 0 Å². The van der Waals surface area contributed by atoms with Crippen LogP contribution in [0.3, 0.4) is 0 Å². The van der Waals surface area contributed by atoms with Crippen molar-refractivity contribution in [2.24, 2.45) is 0 Å². The molecular formula is C30H31ClN2O3. The van der Waals surface area contributed by atoms with Gasteiger partial charge in [0.1, 0.15) is 11.9 Å². The third kappa shape index (κ3) is 4.98. The first kappa shape index (κ1) is 24.4. The zero-order chi connectivity index (χ0) is 25.0. The molecule has 2 saturated heterocycles. The Balaban J connectivity index is 1.26. The van der Waals surface area contributed by atoms with E-state index in [1.165, 1.54) is 0 Å². The van der Waals surface area contributed by atoms with Crippen LogP contribution in [-0.4, -0.2) is 53.9 Å². The summed E-state index contributed by atoms with van der Waals surface area (Å²) >= 11 is 6.06. The molecule has 0 saturated carbocycles. The van der Waals surface area contributed by atoms with Crippen LogP contribution in [0.25, 0.3) is 0 Å². The number of amides is 2. The van der Waals surface area contributed by atoms with Gasteiger partial charge in [0.2, 0.25) is 11.8 Å². The van der Waals surface area contributed by atoms with Crippen molar-refractivity contribution in [3.05, 3.63) is 101 Å². The highest BCUT2D eigenvalue weighted by atomic mass is 35.5. The lowest BCUT2D eigenvalue weighted by Gasteiger charge is -2.43. The van der Waals surface area contributed by atoms with Crippen molar-refractivity contribution in [2.75, 3.05) is 26.2 Å². The summed E-state index contributed by atoms with van der Waals surface area (Å²) in [5, 5.41) is 0.647. The molecule has 3 aromatic rings. The Labute approximate surface area is 217 Å². The highest BCUT2D eigenvalue weighted by Crippen LogP contribution is 2.41. The molecule has 36 heavy (non-hydrogen) atoms. The van der Waals surface area contributed by atoms with Crippen LogP contribution in [0, 0.1) is 0 Å². The van der Waals surface area contributed by atoms with E-state index >= 15 is 0 Å². The van der Waals surface area contributed by atoms with Gasteiger partial charge in [-0.15, -0.1) is 0 Å². The number of carbonyl (C=O) groups excluding carboxylic acids is 2. The average molecular weight is 503 g/mol. The summed E-state index contributed by atoms with van der Waals surface area (Å²) in [6, 6.07) is 27.4. The monoisotopic (exact) mass is 502 g/mol. The van der Waals surface area contributed by atoms with Gasteiger partial charge < -0.3 is 14.5 Å². The van der Waals surface area contributed by atoms with E-state index < -0.39 is 5.41 Å². The lowest BCUT2D eigenvalue weighted by molar-refractivity contribution is -0.146. The lowest BCUT2D eigenvalue weighted by atomic mass is 9.68. The second-order valence-electron chi connectivity index (χ2n) is 9.62. The molecule has 186 valence electrons. The summed E-state index contributed by atoms with van der Waals surface area (Å²) in [5.74, 6) is 0.768. The van der Waals surface area contributed by atoms with Gasteiger partial charge in [-0.1, -0.05) is 78.3 Å². The number of nitrogens with zero attached hydrogens (tertiary/aromatic N) is 2. The van der Waals surface area contributed by atoms with Crippen LogP contribution in [0.15, 0.2) is 84.9 Å². The Hall–Kier alpha value is -3.31. The summed E-state index contributed by atoms with van der Waals surface area (Å²) in [7, 11) is 0. The molecule has 0 aromatic heterocycles. The molecule has 6 heteroatoms. The van der Waals surface area contributed by atoms with E-state index in [2.05, 4.69) is 0 Å². The van der Waals surface area contributed by atoms with E-state index in [9.17, 15) is 9.59 Å². The van der Waals surface area contributed by atoms with Gasteiger partial charge in [0.05, 0.1) is 12.0 Å². The predicted octanol–water partition coefficient (Wildman–Crippen LogP) is 5.32. The van der Waals surface area contributed by atoms with Crippen LogP contribution in [0.5, 0.6) is 5.75 Å². The van der Waals surface area contributed by atoms with Crippen LogP contribution in [0.2, 0.25) is 5.02 Å². The molecule has 0 aliphatic carbocycles. The van der Waals surface area contributed by atoms with E-state index in [0.29, 0.717) is 24.7 Å². The fraction of sp³-hybridized carbons (Fsp3) is 0.333. The van der Waals surface area contributed by atoms with Crippen molar-refractivity contribution in [1.82, 2.24) is 9.80 Å². The smallest absolute Gasteiger partial charge is 0.242 e. The zero-order valence-corrected chi connectivity index (χ0v) is 21.1. The van der Waals surface area contributed by atoms with Crippen molar-refractivity contribution < 1.29 is 14.3 Å². The van der Waals surface area contributed by atoms with E-state index in [-0.39, 0.29) is 24.5 Å². The predicted molar refractivity (Wildman–Crippen MR) is 141 cm³/mol. The number of halogens is 1. The van der Waals surface area contributed by atoms with Crippen molar-refractivity contribution in [3.8, 4) is 5.75 Å². The maximum atomic E-state index is 14.1. The minimum atomic E-state index is -0.765. The number of piperidine rings is 2. The van der Waals surface area contributed by atoms with Crippen molar-refractivity contribution >= 4 is 23.4 Å². The van der Waals surface area contributed by atoms with Crippen LogP contribution < -0.4 is 4.74 Å². The largest absolute Gasteiger partial charge is 0.490 e. The normalized spacial score (nSPS) is 18.2. The summed E-state index contributed by atoms with van der Waals surface area (Å²) in [5.41, 5.74) is 1.20. The second-order valence-corrected chi connectivity index (χ2v) is 10.1. The number of rotatable bonds is 6. The third-order valence-electron chi connectivity index (χ3n) is 7.38. The summed E-state index contributed by atoms with van der Waals surface area (Å²) in [4.78, 5) is 31.0. The van der Waals surface area contributed by atoms with Gasteiger partial charge in [-0.25, -0.2) is 0 Å². The topological polar surface area (TPSA) is 49.9 Å². The molecule has 2 fully saturated rings. The van der Waals surface area contributed by atoms with Crippen LogP contribution >= 0.6 is 11.6 Å². The number of hydrogen-bond acceptors (Lipinski definition) is 3. The second kappa shape index (κ2) is 10.8. The van der Waals surface area contributed by atoms with Gasteiger partial charge in [-0.05, 0) is 42.2 Å². The Morgan fingerprint density at radius 2 is 1.53 bits per heavy atom. The zero-order valence-electron chi connectivity index (χ0n) is 20.3. The quantitative estimate of drug-likeness (QED) is 0.458. The van der Waals surface area contributed by atoms with Gasteiger partial charge in [-0.2, -0.15) is 0 Å². The molecule has 2 amide bonds. The van der Waals surface area contributed by atoms with E-state index in [4.69, 9.17) is 16.3 Å². The molecule has 0 bridgehead atoms. The first-order valence-electron chi connectivity index (χ1n) is 12.7. The number of carbonyl (C=O) groups is 2. The highest BCUT2D eigenvalue weighted by molar-refractivity contribution is 6.30. The van der Waals surface area contributed by atoms with E-state index in [1.807, 2.05) is 89.8 Å². The summed E-state index contributed by atoms with van der Waals surface area (Å²) in [6.07, 6.45) is 3.14. The average Bonchev–Trinajstić information content (AvgIpc) is 2.91. The van der Waals surface area contributed by atoms with Gasteiger partial charge in [0.15, 0.2) is 0 Å². The summed E-state index contributed by atoms with van der Waals surface area (Å²) in [6.45, 7) is 1.95. The van der Waals surface area contributed by atoms with Crippen molar-refractivity contribution in [3.63, 3.8) is 0 Å². The van der Waals surface area contributed by atoms with Gasteiger partial charge >= 0.3 is 0 Å². The minimum Gasteiger partial charge on any atom is -0.490 e.